The van der Waals surface area contributed by atoms with E-state index in [-0.39, 0.29) is 37.2 Å². The summed E-state index contributed by atoms with van der Waals surface area (Å²) >= 11 is 0. The van der Waals surface area contributed by atoms with Crippen molar-refractivity contribution < 1.29 is 13.2 Å². The van der Waals surface area contributed by atoms with E-state index >= 15 is 0 Å². The monoisotopic (exact) mass is 397 g/mol. The third kappa shape index (κ3) is 7.97. The highest BCUT2D eigenvalue weighted by Crippen LogP contribution is 2.02. The molecular formula is C18H24ClN3O3S. The highest BCUT2D eigenvalue weighted by Gasteiger charge is 2.15. The van der Waals surface area contributed by atoms with Crippen LogP contribution in [0.3, 0.4) is 0 Å². The summed E-state index contributed by atoms with van der Waals surface area (Å²) in [4.78, 5) is 12.0. The number of nitrogens with two attached hydrogens (primary N) is 1. The first-order valence-corrected chi connectivity index (χ1v) is 9.70. The van der Waals surface area contributed by atoms with Gasteiger partial charge in [-0.25, -0.2) is 13.1 Å². The van der Waals surface area contributed by atoms with Crippen molar-refractivity contribution in [1.82, 2.24) is 10.0 Å². The Morgan fingerprint density at radius 2 is 1.50 bits per heavy atom. The van der Waals surface area contributed by atoms with Crippen LogP contribution in [0.15, 0.2) is 60.7 Å². The summed E-state index contributed by atoms with van der Waals surface area (Å²) in [6.45, 7) is 0.246. The van der Waals surface area contributed by atoms with E-state index in [9.17, 15) is 13.2 Å². The highest BCUT2D eigenvalue weighted by atomic mass is 35.5. The molecular weight excluding hydrogens is 374 g/mol. The van der Waals surface area contributed by atoms with E-state index in [1.54, 1.807) is 0 Å². The summed E-state index contributed by atoms with van der Waals surface area (Å²) in [5.74, 6) is -0.550. The second-order valence-electron chi connectivity index (χ2n) is 5.71. The minimum Gasteiger partial charge on any atom is -0.354 e. The topological polar surface area (TPSA) is 101 Å². The van der Waals surface area contributed by atoms with Crippen LogP contribution in [0.5, 0.6) is 0 Å². The van der Waals surface area contributed by atoms with Crippen molar-refractivity contribution in [2.24, 2.45) is 5.73 Å². The predicted octanol–water partition coefficient (Wildman–Crippen LogP) is 1.21. The lowest BCUT2D eigenvalue weighted by Gasteiger charge is -2.13. The van der Waals surface area contributed by atoms with Crippen molar-refractivity contribution in [2.45, 2.75) is 19.0 Å². The Morgan fingerprint density at radius 3 is 2.08 bits per heavy atom. The molecule has 2 aromatic carbocycles. The predicted molar refractivity (Wildman–Crippen MR) is 105 cm³/mol. The van der Waals surface area contributed by atoms with Gasteiger partial charge >= 0.3 is 0 Å². The molecule has 6 nitrogen and oxygen atoms in total. The molecule has 0 aliphatic heterocycles. The molecule has 0 radical (unpaired) electrons. The van der Waals surface area contributed by atoms with Crippen LogP contribution in [0.2, 0.25) is 0 Å². The van der Waals surface area contributed by atoms with Crippen LogP contribution in [0.1, 0.15) is 11.1 Å². The Bertz CT molecular complexity index is 771. The molecule has 0 spiro atoms. The Hall–Kier alpha value is -1.93. The molecule has 0 heterocycles. The number of benzene rings is 2. The van der Waals surface area contributed by atoms with Gasteiger partial charge in [-0.05, 0) is 17.5 Å². The summed E-state index contributed by atoms with van der Waals surface area (Å²) in [5.41, 5.74) is 7.69. The third-order valence-corrected chi connectivity index (χ3v) is 4.97. The fourth-order valence-electron chi connectivity index (χ4n) is 2.26. The smallest absolute Gasteiger partial charge is 0.237 e. The number of carbonyl (C=O) groups excluding carboxylic acids is 1. The standard InChI is InChI=1S/C18H23N3O3S.ClH/c19-17(13-15-7-3-1-4-8-15)18(22)20-11-12-25(23,24)21-14-16-9-5-2-6-10-16;/h1-10,17,21H,11-14,19H2,(H,20,22);1H/t17-;/m0./s1. The normalized spacial score (nSPS) is 12.0. The fraction of sp³-hybridized carbons (Fsp3) is 0.278. The van der Waals surface area contributed by atoms with Crippen molar-refractivity contribution in [1.29, 1.82) is 0 Å². The molecule has 2 aromatic rings. The van der Waals surface area contributed by atoms with Gasteiger partial charge in [0.1, 0.15) is 0 Å². The first kappa shape index (κ1) is 22.1. The summed E-state index contributed by atoms with van der Waals surface area (Å²) in [6, 6.07) is 18.0. The van der Waals surface area contributed by atoms with Crippen LogP contribution in [-0.2, 0) is 27.8 Å². The molecule has 0 aliphatic rings. The molecule has 8 heteroatoms. The molecule has 0 aromatic heterocycles. The number of amides is 1. The Kier molecular flexibility index (Phi) is 9.29. The van der Waals surface area contributed by atoms with Crippen molar-refractivity contribution in [3.05, 3.63) is 71.8 Å². The third-order valence-electron chi connectivity index (χ3n) is 3.64. The Morgan fingerprint density at radius 1 is 0.962 bits per heavy atom. The van der Waals surface area contributed by atoms with E-state index in [0.29, 0.717) is 6.42 Å². The van der Waals surface area contributed by atoms with Crippen molar-refractivity contribution >= 4 is 28.3 Å². The van der Waals surface area contributed by atoms with Crippen LogP contribution >= 0.6 is 12.4 Å². The molecule has 2 rings (SSSR count). The number of rotatable bonds is 9. The van der Waals surface area contributed by atoms with Crippen LogP contribution in [0.25, 0.3) is 0 Å². The maximum absolute atomic E-state index is 12.0. The van der Waals surface area contributed by atoms with E-state index in [1.165, 1.54) is 0 Å². The van der Waals surface area contributed by atoms with Crippen molar-refractivity contribution in [2.75, 3.05) is 12.3 Å². The number of carbonyl (C=O) groups is 1. The Labute approximate surface area is 160 Å². The lowest BCUT2D eigenvalue weighted by atomic mass is 10.1. The lowest BCUT2D eigenvalue weighted by molar-refractivity contribution is -0.122. The quantitative estimate of drug-likeness (QED) is 0.592. The van der Waals surface area contributed by atoms with Crippen LogP contribution in [-0.4, -0.2) is 32.7 Å². The van der Waals surface area contributed by atoms with Gasteiger partial charge in [0.15, 0.2) is 0 Å². The average Bonchev–Trinajstić information content (AvgIpc) is 2.61. The molecule has 4 N–H and O–H groups in total. The number of hydrogen-bond donors (Lipinski definition) is 3. The number of sulfonamides is 1. The summed E-state index contributed by atoms with van der Waals surface area (Å²) in [7, 11) is -3.47. The molecule has 26 heavy (non-hydrogen) atoms. The molecule has 142 valence electrons. The van der Waals surface area contributed by atoms with Crippen LogP contribution in [0, 0.1) is 0 Å². The van der Waals surface area contributed by atoms with Crippen molar-refractivity contribution in [3.8, 4) is 0 Å². The van der Waals surface area contributed by atoms with Crippen molar-refractivity contribution in [3.63, 3.8) is 0 Å². The van der Waals surface area contributed by atoms with Gasteiger partial charge < -0.3 is 11.1 Å². The molecule has 0 unspecified atom stereocenters. The van der Waals surface area contributed by atoms with Gasteiger partial charge in [0.25, 0.3) is 0 Å². The van der Waals surface area contributed by atoms with Gasteiger partial charge in [0, 0.05) is 13.1 Å². The van der Waals surface area contributed by atoms with E-state index < -0.39 is 16.1 Å². The second kappa shape index (κ2) is 10.9. The maximum Gasteiger partial charge on any atom is 0.237 e. The SMILES string of the molecule is Cl.N[C@@H](Cc1ccccc1)C(=O)NCCS(=O)(=O)NCc1ccccc1. The van der Waals surface area contributed by atoms with Gasteiger partial charge in [-0.3, -0.25) is 4.79 Å². The zero-order chi connectivity index (χ0) is 18.1. The van der Waals surface area contributed by atoms with Gasteiger partial charge in [0.2, 0.25) is 15.9 Å². The Balaban J connectivity index is 0.00000338. The molecule has 0 fully saturated rings. The largest absolute Gasteiger partial charge is 0.354 e. The second-order valence-corrected chi connectivity index (χ2v) is 7.64. The fourth-order valence-corrected chi connectivity index (χ4v) is 3.16. The number of halogens is 1. The summed E-state index contributed by atoms with van der Waals surface area (Å²) < 4.78 is 26.4. The first-order chi connectivity index (χ1) is 12.0. The minimum atomic E-state index is -3.47. The molecule has 0 aliphatic carbocycles. The van der Waals surface area contributed by atoms with Gasteiger partial charge in [0.05, 0.1) is 11.8 Å². The average molecular weight is 398 g/mol. The number of hydrogen-bond acceptors (Lipinski definition) is 4. The lowest BCUT2D eigenvalue weighted by Crippen LogP contribution is -2.44. The minimum absolute atomic E-state index is 0. The molecule has 1 atom stereocenters. The zero-order valence-corrected chi connectivity index (χ0v) is 15.9. The first-order valence-electron chi connectivity index (χ1n) is 8.05. The molecule has 1 amide bonds. The van der Waals surface area contributed by atoms with E-state index in [2.05, 4.69) is 10.0 Å². The van der Waals surface area contributed by atoms with Gasteiger partial charge in [-0.1, -0.05) is 60.7 Å². The zero-order valence-electron chi connectivity index (χ0n) is 14.3. The maximum atomic E-state index is 12.0. The number of nitrogens with one attached hydrogen (secondary N) is 2. The van der Waals surface area contributed by atoms with Crippen LogP contribution < -0.4 is 15.8 Å². The van der Waals surface area contributed by atoms with E-state index in [1.807, 2.05) is 60.7 Å². The van der Waals surface area contributed by atoms with E-state index in [4.69, 9.17) is 5.73 Å². The van der Waals surface area contributed by atoms with Gasteiger partial charge in [-0.15, -0.1) is 12.4 Å². The highest BCUT2D eigenvalue weighted by molar-refractivity contribution is 7.89. The summed E-state index contributed by atoms with van der Waals surface area (Å²) in [5, 5.41) is 2.57. The molecule has 0 saturated heterocycles. The van der Waals surface area contributed by atoms with E-state index in [0.717, 1.165) is 11.1 Å². The molecule has 0 bridgehead atoms. The van der Waals surface area contributed by atoms with Crippen LogP contribution in [0.4, 0.5) is 0 Å². The summed E-state index contributed by atoms with van der Waals surface area (Å²) in [6.07, 6.45) is 0.408. The van der Waals surface area contributed by atoms with Gasteiger partial charge in [-0.2, -0.15) is 0 Å². The molecule has 0 saturated carbocycles.